The molecule has 0 amide bonds. The third-order valence-corrected chi connectivity index (χ3v) is 29.8. The number of furan rings is 3. The summed E-state index contributed by atoms with van der Waals surface area (Å²) >= 11 is 0. The van der Waals surface area contributed by atoms with E-state index in [-0.39, 0.29) is 0 Å². The van der Waals surface area contributed by atoms with E-state index < -0.39 is 0 Å². The first kappa shape index (κ1) is 83.7. The molecule has 0 radical (unpaired) electrons. The van der Waals surface area contributed by atoms with Gasteiger partial charge >= 0.3 is 0 Å². The molecule has 0 unspecified atom stereocenters. The zero-order chi connectivity index (χ0) is 97.1. The van der Waals surface area contributed by atoms with Crippen LogP contribution in [0, 0.1) is 0 Å². The van der Waals surface area contributed by atoms with Crippen molar-refractivity contribution in [2.45, 2.75) is 0 Å². The first-order valence-corrected chi connectivity index (χ1v) is 50.0. The molecular weight excluding hydrogens is 1810 g/mol. The van der Waals surface area contributed by atoms with Crippen molar-refractivity contribution in [3.05, 3.63) is 491 Å². The van der Waals surface area contributed by atoms with Gasteiger partial charge in [0.05, 0.1) is 82.9 Å². The standard InChI is InChI=1S/C48H29N3O.C46H27N3O.C42H25N3O/c1-3-13-30(14-4-1)31-23-25-33(26-24-31)45-37-19-9-11-21-41(37)49-48(50-45)51-42-22-12-10-20-38(42)44-43(51)28-27-36-40-29-39(32-15-5-2-6-16-32)34-17-7-8-18-35(34)46(40)52-47(36)44;1-2-13-29(14-3-1)37-27-38-34-24-25-41-42(45(34)50-44(38)33-17-7-6-16-32(33)37)36-19-9-11-21-40(36)49(41)46-47-39-20-10-8-18-35(39)43(48-46)31-23-22-28-12-4-5-15-30(28)26-31;1-3-13-26(14-4-1)33-25-34-30-23-24-37-38(41(30)46-40(34)29-18-8-7-17-28(29)33)32-20-10-12-22-36(32)45(37)42-43-35-21-11-9-19-31(35)39(44-42)27-15-5-2-6-16-27/h1-29H;1-27H;1-25H. The molecule has 0 spiro atoms. The number of rotatable bonds is 10. The molecule has 0 bridgehead atoms. The first-order chi connectivity index (χ1) is 73.4. The molecule has 0 N–H and O–H groups in total. The molecule has 0 saturated carbocycles. The smallest absolute Gasteiger partial charge is 0.235 e. The molecular formula is C136H81N9O3. The van der Waals surface area contributed by atoms with Crippen molar-refractivity contribution in [2.75, 3.05) is 0 Å². The molecule has 0 atom stereocenters. The molecule has 0 saturated heterocycles. The Morgan fingerprint density at radius 1 is 0.142 bits per heavy atom. The van der Waals surface area contributed by atoms with Crippen LogP contribution in [0.5, 0.6) is 0 Å². The minimum absolute atomic E-state index is 0.624. The van der Waals surface area contributed by atoms with E-state index in [1.807, 2.05) is 36.4 Å². The molecule has 0 aliphatic carbocycles. The number of hydrogen-bond donors (Lipinski definition) is 0. The van der Waals surface area contributed by atoms with Gasteiger partial charge in [-0.15, -0.1) is 0 Å². The van der Waals surface area contributed by atoms with Gasteiger partial charge in [-0.1, -0.05) is 394 Å². The van der Waals surface area contributed by atoms with Crippen molar-refractivity contribution < 1.29 is 13.3 Å². The first-order valence-electron chi connectivity index (χ1n) is 50.0. The van der Waals surface area contributed by atoms with Gasteiger partial charge in [0.15, 0.2) is 0 Å². The summed E-state index contributed by atoms with van der Waals surface area (Å²) in [6, 6.07) is 172. The van der Waals surface area contributed by atoms with Gasteiger partial charge in [-0.2, -0.15) is 0 Å². The molecule has 32 rings (SSSR count). The maximum atomic E-state index is 6.98. The molecule has 9 aromatic heterocycles. The molecule has 12 nitrogen and oxygen atoms in total. The summed E-state index contributed by atoms with van der Waals surface area (Å²) in [5.41, 5.74) is 29.5. The number of hydrogen-bond acceptors (Lipinski definition) is 9. The zero-order valence-electron chi connectivity index (χ0n) is 79.5. The molecule has 688 valence electrons. The molecule has 148 heavy (non-hydrogen) atoms. The van der Waals surface area contributed by atoms with Crippen LogP contribution < -0.4 is 0 Å². The quantitative estimate of drug-likeness (QED) is 0.131. The van der Waals surface area contributed by atoms with Crippen LogP contribution in [0.3, 0.4) is 0 Å². The Hall–Kier alpha value is -20.1. The summed E-state index contributed by atoms with van der Waals surface area (Å²) in [6.07, 6.45) is 0. The zero-order valence-corrected chi connectivity index (χ0v) is 79.5. The van der Waals surface area contributed by atoms with Gasteiger partial charge < -0.3 is 13.3 Å². The van der Waals surface area contributed by atoms with E-state index in [2.05, 4.69) is 469 Å². The summed E-state index contributed by atoms with van der Waals surface area (Å²) in [5, 5.41) is 25.4. The normalized spacial score (nSPS) is 11.9. The lowest BCUT2D eigenvalue weighted by Crippen LogP contribution is -2.03. The van der Waals surface area contributed by atoms with E-state index in [9.17, 15) is 0 Å². The highest BCUT2D eigenvalue weighted by atomic mass is 16.3. The topological polar surface area (TPSA) is 132 Å². The van der Waals surface area contributed by atoms with Crippen molar-refractivity contribution in [3.8, 4) is 96.1 Å². The van der Waals surface area contributed by atoms with Gasteiger partial charge in [0.25, 0.3) is 0 Å². The van der Waals surface area contributed by atoms with Crippen molar-refractivity contribution in [2.24, 2.45) is 0 Å². The van der Waals surface area contributed by atoms with Crippen LogP contribution in [0.25, 0.3) is 303 Å². The van der Waals surface area contributed by atoms with Crippen molar-refractivity contribution in [1.29, 1.82) is 0 Å². The Morgan fingerprint density at radius 2 is 0.392 bits per heavy atom. The predicted molar refractivity (Wildman–Crippen MR) is 612 cm³/mol. The fourth-order valence-corrected chi connectivity index (χ4v) is 23.1. The highest BCUT2D eigenvalue weighted by Crippen LogP contribution is 2.51. The van der Waals surface area contributed by atoms with Gasteiger partial charge in [0.2, 0.25) is 17.8 Å². The van der Waals surface area contributed by atoms with Crippen LogP contribution in [-0.2, 0) is 0 Å². The third kappa shape index (κ3) is 13.3. The highest BCUT2D eigenvalue weighted by molar-refractivity contribution is 6.31. The average molecular weight is 1890 g/mol. The van der Waals surface area contributed by atoms with Gasteiger partial charge in [-0.3, -0.25) is 13.7 Å². The molecule has 32 aromatic rings. The fraction of sp³-hybridized carbons (Fsp3) is 0. The van der Waals surface area contributed by atoms with Crippen LogP contribution >= 0.6 is 0 Å². The summed E-state index contributed by atoms with van der Waals surface area (Å²) in [6.45, 7) is 0. The molecule has 23 aromatic carbocycles. The molecule has 0 fully saturated rings. The molecule has 9 heterocycles. The minimum atomic E-state index is 0.624. The number of benzene rings is 23. The number of fused-ring (bicyclic) bond motifs is 31. The number of nitrogens with zero attached hydrogens (tertiary/aromatic N) is 9. The molecule has 0 aliphatic heterocycles. The second-order valence-electron chi connectivity index (χ2n) is 38.0. The van der Waals surface area contributed by atoms with Crippen LogP contribution in [0.2, 0.25) is 0 Å². The summed E-state index contributed by atoms with van der Waals surface area (Å²) in [4.78, 5) is 31.5. The Kier molecular flexibility index (Phi) is 19.1. The maximum absolute atomic E-state index is 6.98. The Bertz CT molecular complexity index is 11100. The lowest BCUT2D eigenvalue weighted by atomic mass is 9.95. The van der Waals surface area contributed by atoms with Crippen LogP contribution in [0.4, 0.5) is 0 Å². The van der Waals surface area contributed by atoms with E-state index in [1.165, 1.54) is 71.4 Å². The van der Waals surface area contributed by atoms with Gasteiger partial charge in [0, 0.05) is 97.5 Å². The van der Waals surface area contributed by atoms with Crippen molar-refractivity contribution >= 4 is 207 Å². The summed E-state index contributed by atoms with van der Waals surface area (Å²) in [7, 11) is 0. The van der Waals surface area contributed by atoms with E-state index in [0.29, 0.717) is 17.8 Å². The highest BCUT2D eigenvalue weighted by Gasteiger charge is 2.29. The number of aromatic nitrogens is 9. The minimum Gasteiger partial charge on any atom is -0.455 e. The predicted octanol–water partition coefficient (Wildman–Crippen LogP) is 36.2. The SMILES string of the molecule is c1ccc(-c2cc3c4ccc5c(c6ccccc6n5-c5nc(-c6ccc7ccccc7c6)c6ccccc6n5)c4oc3c3ccccc23)cc1.c1ccc(-c2ccc(-c3nc(-n4c5ccccc5c5c6oc7c8ccccc8c(-c8ccccc8)cc7c6ccc54)nc4ccccc34)cc2)cc1.c1ccc(-c2nc(-n3c4ccccc4c4c5oc6c7ccccc7c(-c7ccccc7)cc6c5ccc43)nc3ccccc23)cc1. The van der Waals surface area contributed by atoms with Gasteiger partial charge in [-0.05, 0) is 169 Å². The fourth-order valence-electron chi connectivity index (χ4n) is 23.1. The van der Waals surface area contributed by atoms with Crippen LogP contribution in [-0.4, -0.2) is 43.6 Å². The second kappa shape index (κ2) is 33.8. The van der Waals surface area contributed by atoms with E-state index in [1.54, 1.807) is 0 Å². The lowest BCUT2D eigenvalue weighted by Gasteiger charge is -2.12. The number of para-hydroxylation sites is 6. The monoisotopic (exact) mass is 1890 g/mol. The van der Waals surface area contributed by atoms with E-state index >= 15 is 0 Å². The van der Waals surface area contributed by atoms with E-state index in [4.69, 9.17) is 43.2 Å². The van der Waals surface area contributed by atoms with Crippen molar-refractivity contribution in [1.82, 2.24) is 43.6 Å². The Labute approximate surface area is 845 Å². The van der Waals surface area contributed by atoms with Crippen LogP contribution in [0.15, 0.2) is 505 Å². The average Bonchev–Trinajstić information content (AvgIpc) is 1.55. The largest absolute Gasteiger partial charge is 0.455 e. The lowest BCUT2D eigenvalue weighted by molar-refractivity contribution is 0.676. The maximum Gasteiger partial charge on any atom is 0.235 e. The van der Waals surface area contributed by atoms with Crippen molar-refractivity contribution in [3.63, 3.8) is 0 Å². The molecule has 0 aliphatic rings. The Morgan fingerprint density at radius 3 is 0.750 bits per heavy atom. The summed E-state index contributed by atoms with van der Waals surface area (Å²) in [5.74, 6) is 1.89. The second-order valence-corrected chi connectivity index (χ2v) is 38.0. The Balaban J connectivity index is 0.000000103. The van der Waals surface area contributed by atoms with Crippen LogP contribution in [0.1, 0.15) is 0 Å². The molecule has 12 heteroatoms. The third-order valence-electron chi connectivity index (χ3n) is 29.8. The summed E-state index contributed by atoms with van der Waals surface area (Å²) < 4.78 is 27.5. The van der Waals surface area contributed by atoms with Gasteiger partial charge in [0.1, 0.15) is 33.5 Å². The van der Waals surface area contributed by atoms with Gasteiger partial charge in [-0.25, -0.2) is 29.9 Å². The van der Waals surface area contributed by atoms with E-state index in [0.717, 1.165) is 214 Å².